The minimum atomic E-state index is 0.855. The zero-order valence-corrected chi connectivity index (χ0v) is 8.68. The van der Waals surface area contributed by atoms with E-state index in [0.29, 0.717) is 0 Å². The first kappa shape index (κ1) is 8.97. The molecule has 0 aromatic heterocycles. The third kappa shape index (κ3) is 2.20. The summed E-state index contributed by atoms with van der Waals surface area (Å²) < 4.78 is 2.11. The van der Waals surface area contributed by atoms with Crippen molar-refractivity contribution in [1.29, 1.82) is 0 Å². The van der Waals surface area contributed by atoms with Crippen LogP contribution >= 0.6 is 23.5 Å². The SMILES string of the molecule is ClC1=CCSN1Cc1ccccc1. The number of hydrogen-bond acceptors (Lipinski definition) is 2. The van der Waals surface area contributed by atoms with E-state index in [9.17, 15) is 0 Å². The van der Waals surface area contributed by atoms with Crippen LogP contribution in [0, 0.1) is 0 Å². The van der Waals surface area contributed by atoms with Crippen molar-refractivity contribution >= 4 is 23.5 Å². The lowest BCUT2D eigenvalue weighted by molar-refractivity contribution is 0.612. The summed E-state index contributed by atoms with van der Waals surface area (Å²) in [6.45, 7) is 0.890. The molecule has 0 fully saturated rings. The van der Waals surface area contributed by atoms with Crippen LogP contribution in [0.25, 0.3) is 0 Å². The van der Waals surface area contributed by atoms with Crippen molar-refractivity contribution in [2.24, 2.45) is 0 Å². The zero-order valence-electron chi connectivity index (χ0n) is 7.11. The molecule has 3 heteroatoms. The molecule has 13 heavy (non-hydrogen) atoms. The monoisotopic (exact) mass is 211 g/mol. The topological polar surface area (TPSA) is 3.24 Å². The van der Waals surface area contributed by atoms with Crippen LogP contribution in [0.3, 0.4) is 0 Å². The van der Waals surface area contributed by atoms with E-state index in [1.165, 1.54) is 5.56 Å². The maximum atomic E-state index is 5.99. The van der Waals surface area contributed by atoms with Crippen molar-refractivity contribution in [3.8, 4) is 0 Å². The first-order valence-electron chi connectivity index (χ1n) is 4.16. The highest BCUT2D eigenvalue weighted by atomic mass is 35.5. The van der Waals surface area contributed by atoms with Gasteiger partial charge < -0.3 is 4.31 Å². The van der Waals surface area contributed by atoms with Gasteiger partial charge in [0, 0.05) is 5.75 Å². The van der Waals surface area contributed by atoms with Crippen LogP contribution in [-0.2, 0) is 6.54 Å². The second-order valence-electron chi connectivity index (χ2n) is 2.84. The predicted molar refractivity (Wildman–Crippen MR) is 58.4 cm³/mol. The Morgan fingerprint density at radius 2 is 2.08 bits per heavy atom. The van der Waals surface area contributed by atoms with E-state index < -0.39 is 0 Å². The van der Waals surface area contributed by atoms with E-state index in [1.54, 1.807) is 11.9 Å². The minimum Gasteiger partial charge on any atom is -0.302 e. The average molecular weight is 212 g/mol. The second-order valence-corrected chi connectivity index (χ2v) is 4.26. The predicted octanol–water partition coefficient (Wildman–Crippen LogP) is 3.23. The fourth-order valence-corrected chi connectivity index (χ4v) is 2.46. The van der Waals surface area contributed by atoms with Crippen molar-refractivity contribution in [2.45, 2.75) is 6.54 Å². The smallest absolute Gasteiger partial charge is 0.111 e. The van der Waals surface area contributed by atoms with Crippen LogP contribution in [0.2, 0.25) is 0 Å². The lowest BCUT2D eigenvalue weighted by Gasteiger charge is -2.16. The van der Waals surface area contributed by atoms with Gasteiger partial charge in [-0.3, -0.25) is 0 Å². The molecular formula is C10H10ClNS. The number of rotatable bonds is 2. The molecule has 0 N–H and O–H groups in total. The van der Waals surface area contributed by atoms with Crippen LogP contribution in [0.4, 0.5) is 0 Å². The Hall–Kier alpha value is -0.600. The van der Waals surface area contributed by atoms with Gasteiger partial charge in [-0.2, -0.15) is 0 Å². The molecule has 0 saturated heterocycles. The van der Waals surface area contributed by atoms with Crippen molar-refractivity contribution in [3.05, 3.63) is 47.1 Å². The van der Waals surface area contributed by atoms with Gasteiger partial charge in [0.2, 0.25) is 0 Å². The molecule has 0 aliphatic carbocycles. The zero-order chi connectivity index (χ0) is 9.10. The van der Waals surface area contributed by atoms with Crippen LogP contribution < -0.4 is 0 Å². The standard InChI is InChI=1S/C10H10ClNS/c11-10-6-7-13-12(10)8-9-4-2-1-3-5-9/h1-6H,7-8H2. The van der Waals surface area contributed by atoms with Gasteiger partial charge in [0.05, 0.1) is 6.54 Å². The fourth-order valence-electron chi connectivity index (χ4n) is 1.23. The van der Waals surface area contributed by atoms with Gasteiger partial charge in [0.1, 0.15) is 5.16 Å². The largest absolute Gasteiger partial charge is 0.302 e. The molecule has 1 aromatic rings. The van der Waals surface area contributed by atoms with Gasteiger partial charge >= 0.3 is 0 Å². The van der Waals surface area contributed by atoms with E-state index in [-0.39, 0.29) is 0 Å². The minimum absolute atomic E-state index is 0.855. The van der Waals surface area contributed by atoms with E-state index >= 15 is 0 Å². The van der Waals surface area contributed by atoms with E-state index in [0.717, 1.165) is 17.5 Å². The molecule has 0 saturated carbocycles. The first-order chi connectivity index (χ1) is 6.36. The molecule has 68 valence electrons. The van der Waals surface area contributed by atoms with Crippen LogP contribution in [-0.4, -0.2) is 10.1 Å². The summed E-state index contributed by atoms with van der Waals surface area (Å²) in [7, 11) is 0. The third-order valence-electron chi connectivity index (χ3n) is 1.89. The molecule has 1 aliphatic rings. The van der Waals surface area contributed by atoms with Crippen molar-refractivity contribution in [1.82, 2.24) is 4.31 Å². The Labute approximate surface area is 87.5 Å². The third-order valence-corrected chi connectivity index (χ3v) is 3.30. The highest BCUT2D eigenvalue weighted by Crippen LogP contribution is 2.29. The molecule has 1 aliphatic heterocycles. The summed E-state index contributed by atoms with van der Waals surface area (Å²) in [4.78, 5) is 0. The highest BCUT2D eigenvalue weighted by Gasteiger charge is 2.13. The van der Waals surface area contributed by atoms with E-state index in [1.807, 2.05) is 24.3 Å². The molecular weight excluding hydrogens is 202 g/mol. The highest BCUT2D eigenvalue weighted by molar-refractivity contribution is 7.97. The molecule has 0 amide bonds. The fraction of sp³-hybridized carbons (Fsp3) is 0.200. The van der Waals surface area contributed by atoms with Gasteiger partial charge in [0.15, 0.2) is 0 Å². The maximum absolute atomic E-state index is 5.99. The van der Waals surface area contributed by atoms with E-state index in [2.05, 4.69) is 16.4 Å². The van der Waals surface area contributed by atoms with Crippen LogP contribution in [0.15, 0.2) is 41.6 Å². The average Bonchev–Trinajstić information content (AvgIpc) is 2.54. The molecule has 0 bridgehead atoms. The van der Waals surface area contributed by atoms with Gasteiger partial charge in [-0.25, -0.2) is 0 Å². The Balaban J connectivity index is 2.03. The lowest BCUT2D eigenvalue weighted by atomic mass is 10.2. The summed E-state index contributed by atoms with van der Waals surface area (Å²) >= 11 is 7.75. The molecule has 1 nitrogen and oxygen atoms in total. The second kappa shape index (κ2) is 4.07. The molecule has 1 heterocycles. The van der Waals surface area contributed by atoms with Gasteiger partial charge in [-0.1, -0.05) is 41.9 Å². The van der Waals surface area contributed by atoms with E-state index in [4.69, 9.17) is 11.6 Å². The molecule has 0 unspecified atom stereocenters. The molecule has 0 radical (unpaired) electrons. The molecule has 0 spiro atoms. The molecule has 0 atom stereocenters. The summed E-state index contributed by atoms with van der Waals surface area (Å²) in [5.74, 6) is 0.992. The summed E-state index contributed by atoms with van der Waals surface area (Å²) in [6.07, 6.45) is 2.04. The summed E-state index contributed by atoms with van der Waals surface area (Å²) in [6, 6.07) is 10.4. The number of nitrogens with zero attached hydrogens (tertiary/aromatic N) is 1. The first-order valence-corrected chi connectivity index (χ1v) is 5.48. The van der Waals surface area contributed by atoms with Crippen LogP contribution in [0.1, 0.15) is 5.56 Å². The maximum Gasteiger partial charge on any atom is 0.111 e. The van der Waals surface area contributed by atoms with Gasteiger partial charge in [0.25, 0.3) is 0 Å². The Kier molecular flexibility index (Phi) is 2.81. The lowest BCUT2D eigenvalue weighted by Crippen LogP contribution is -2.07. The number of hydrogen-bond donors (Lipinski definition) is 0. The summed E-state index contributed by atoms with van der Waals surface area (Å²) in [5, 5.41) is 0.855. The van der Waals surface area contributed by atoms with Crippen molar-refractivity contribution < 1.29 is 0 Å². The number of benzene rings is 1. The Morgan fingerprint density at radius 1 is 1.31 bits per heavy atom. The molecule has 1 aromatic carbocycles. The quantitative estimate of drug-likeness (QED) is 0.546. The Bertz CT molecular complexity index is 310. The molecule has 2 rings (SSSR count). The Morgan fingerprint density at radius 3 is 2.69 bits per heavy atom. The normalized spacial score (nSPS) is 16.1. The van der Waals surface area contributed by atoms with Gasteiger partial charge in [-0.05, 0) is 23.6 Å². The summed E-state index contributed by atoms with van der Waals surface area (Å²) in [5.41, 5.74) is 1.29. The van der Waals surface area contributed by atoms with Crippen molar-refractivity contribution in [3.63, 3.8) is 0 Å². The van der Waals surface area contributed by atoms with Crippen molar-refractivity contribution in [2.75, 3.05) is 5.75 Å². The van der Waals surface area contributed by atoms with Crippen LogP contribution in [0.5, 0.6) is 0 Å². The van der Waals surface area contributed by atoms with Gasteiger partial charge in [-0.15, -0.1) is 0 Å². The number of halogens is 1.